The molecule has 3 heteroatoms. The third-order valence-electron chi connectivity index (χ3n) is 4.42. The number of hydrogen-bond acceptors (Lipinski definition) is 3. The standard InChI is InChI=1S/C17H23N3/c1-18-17(16-12-19-10-11-20(16)2)15-9-5-7-13-6-3-4-8-14(13)15/h3-9,16-19H,10-12H2,1-2H3. The second-order valence-corrected chi connectivity index (χ2v) is 5.59. The summed E-state index contributed by atoms with van der Waals surface area (Å²) in [6.07, 6.45) is 0. The molecule has 1 fully saturated rings. The van der Waals surface area contributed by atoms with E-state index in [2.05, 4.69) is 72.1 Å². The molecule has 2 N–H and O–H groups in total. The second kappa shape index (κ2) is 5.92. The summed E-state index contributed by atoms with van der Waals surface area (Å²) >= 11 is 0. The van der Waals surface area contributed by atoms with Crippen LogP contribution >= 0.6 is 0 Å². The molecule has 3 nitrogen and oxygen atoms in total. The minimum absolute atomic E-state index is 0.346. The summed E-state index contributed by atoms with van der Waals surface area (Å²) in [6, 6.07) is 16.1. The zero-order chi connectivity index (χ0) is 13.9. The van der Waals surface area contributed by atoms with Crippen LogP contribution in [-0.2, 0) is 0 Å². The Morgan fingerprint density at radius 1 is 1.20 bits per heavy atom. The van der Waals surface area contributed by atoms with E-state index in [9.17, 15) is 0 Å². The normalized spacial score (nSPS) is 22.0. The minimum Gasteiger partial charge on any atom is -0.314 e. The van der Waals surface area contributed by atoms with Crippen molar-refractivity contribution in [3.8, 4) is 0 Å². The Morgan fingerprint density at radius 2 is 2.00 bits per heavy atom. The van der Waals surface area contributed by atoms with Crippen molar-refractivity contribution in [1.82, 2.24) is 15.5 Å². The molecule has 2 unspecified atom stereocenters. The number of fused-ring (bicyclic) bond motifs is 1. The first-order valence-corrected chi connectivity index (χ1v) is 7.37. The van der Waals surface area contributed by atoms with Gasteiger partial charge in [0, 0.05) is 31.7 Å². The molecule has 3 rings (SSSR count). The van der Waals surface area contributed by atoms with E-state index in [0.717, 1.165) is 19.6 Å². The zero-order valence-corrected chi connectivity index (χ0v) is 12.3. The van der Waals surface area contributed by atoms with E-state index in [0.29, 0.717) is 12.1 Å². The van der Waals surface area contributed by atoms with E-state index in [4.69, 9.17) is 0 Å². The molecule has 20 heavy (non-hydrogen) atoms. The molecule has 0 spiro atoms. The first-order valence-electron chi connectivity index (χ1n) is 7.37. The Labute approximate surface area is 121 Å². The lowest BCUT2D eigenvalue weighted by atomic mass is 9.92. The van der Waals surface area contributed by atoms with Crippen LogP contribution in [0.3, 0.4) is 0 Å². The van der Waals surface area contributed by atoms with Crippen molar-refractivity contribution >= 4 is 10.8 Å². The number of hydrogen-bond donors (Lipinski definition) is 2. The Morgan fingerprint density at radius 3 is 2.80 bits per heavy atom. The van der Waals surface area contributed by atoms with Crippen LogP contribution in [0.25, 0.3) is 10.8 Å². The molecule has 2 atom stereocenters. The van der Waals surface area contributed by atoms with Crippen LogP contribution in [0.4, 0.5) is 0 Å². The van der Waals surface area contributed by atoms with Crippen LogP contribution in [0.5, 0.6) is 0 Å². The molecular formula is C17H23N3. The summed E-state index contributed by atoms with van der Waals surface area (Å²) in [7, 11) is 4.29. The van der Waals surface area contributed by atoms with Crippen molar-refractivity contribution < 1.29 is 0 Å². The highest BCUT2D eigenvalue weighted by Crippen LogP contribution is 2.28. The van der Waals surface area contributed by atoms with Gasteiger partial charge in [-0.2, -0.15) is 0 Å². The van der Waals surface area contributed by atoms with Gasteiger partial charge >= 0.3 is 0 Å². The summed E-state index contributed by atoms with van der Waals surface area (Å²) in [5.74, 6) is 0. The summed E-state index contributed by atoms with van der Waals surface area (Å²) in [4.78, 5) is 2.46. The van der Waals surface area contributed by atoms with Crippen molar-refractivity contribution in [2.75, 3.05) is 33.7 Å². The van der Waals surface area contributed by atoms with Gasteiger partial charge in [-0.3, -0.25) is 4.90 Å². The fraction of sp³-hybridized carbons (Fsp3) is 0.412. The molecule has 2 aromatic carbocycles. The van der Waals surface area contributed by atoms with Gasteiger partial charge in [-0.05, 0) is 30.4 Å². The molecule has 1 saturated heterocycles. The molecule has 0 aliphatic carbocycles. The van der Waals surface area contributed by atoms with Crippen LogP contribution < -0.4 is 10.6 Å². The third-order valence-corrected chi connectivity index (χ3v) is 4.42. The van der Waals surface area contributed by atoms with E-state index in [1.165, 1.54) is 16.3 Å². The fourth-order valence-corrected chi connectivity index (χ4v) is 3.28. The van der Waals surface area contributed by atoms with E-state index >= 15 is 0 Å². The maximum absolute atomic E-state index is 3.53. The van der Waals surface area contributed by atoms with Crippen LogP contribution in [-0.4, -0.2) is 44.7 Å². The summed E-state index contributed by atoms with van der Waals surface area (Å²) in [6.45, 7) is 3.22. The Balaban J connectivity index is 2.02. The Bertz CT molecular complexity index is 576. The lowest BCUT2D eigenvalue weighted by Crippen LogP contribution is -2.54. The number of nitrogens with one attached hydrogen (secondary N) is 2. The Hall–Kier alpha value is -1.42. The van der Waals surface area contributed by atoms with Crippen molar-refractivity contribution in [1.29, 1.82) is 0 Å². The van der Waals surface area contributed by atoms with E-state index in [1.54, 1.807) is 0 Å². The average molecular weight is 269 g/mol. The predicted molar refractivity (Wildman–Crippen MR) is 85.0 cm³/mol. The highest BCUT2D eigenvalue weighted by molar-refractivity contribution is 5.86. The van der Waals surface area contributed by atoms with Crippen molar-refractivity contribution in [3.63, 3.8) is 0 Å². The molecule has 0 radical (unpaired) electrons. The zero-order valence-electron chi connectivity index (χ0n) is 12.3. The van der Waals surface area contributed by atoms with E-state index in [1.807, 2.05) is 0 Å². The van der Waals surface area contributed by atoms with E-state index < -0.39 is 0 Å². The number of likely N-dealkylation sites (N-methyl/N-ethyl adjacent to an activating group) is 2. The lowest BCUT2D eigenvalue weighted by Gasteiger charge is -2.39. The van der Waals surface area contributed by atoms with Crippen LogP contribution in [0.1, 0.15) is 11.6 Å². The molecule has 106 valence electrons. The number of benzene rings is 2. The highest BCUT2D eigenvalue weighted by atomic mass is 15.2. The lowest BCUT2D eigenvalue weighted by molar-refractivity contribution is 0.162. The van der Waals surface area contributed by atoms with Gasteiger partial charge in [-0.25, -0.2) is 0 Å². The van der Waals surface area contributed by atoms with E-state index in [-0.39, 0.29) is 0 Å². The van der Waals surface area contributed by atoms with Crippen molar-refractivity contribution in [2.24, 2.45) is 0 Å². The van der Waals surface area contributed by atoms with Crippen molar-refractivity contribution in [2.45, 2.75) is 12.1 Å². The summed E-state index contributed by atoms with van der Waals surface area (Å²) in [5, 5.41) is 9.72. The first-order chi connectivity index (χ1) is 9.81. The fourth-order valence-electron chi connectivity index (χ4n) is 3.28. The number of nitrogens with zero attached hydrogens (tertiary/aromatic N) is 1. The topological polar surface area (TPSA) is 27.3 Å². The van der Waals surface area contributed by atoms with Crippen LogP contribution in [0, 0.1) is 0 Å². The van der Waals surface area contributed by atoms with Crippen LogP contribution in [0.2, 0.25) is 0 Å². The van der Waals surface area contributed by atoms with Crippen molar-refractivity contribution in [3.05, 3.63) is 48.0 Å². The maximum Gasteiger partial charge on any atom is 0.0494 e. The molecule has 2 aromatic rings. The van der Waals surface area contributed by atoms with Gasteiger partial charge in [0.25, 0.3) is 0 Å². The maximum atomic E-state index is 3.53. The molecule has 1 aliphatic heterocycles. The molecule has 0 aromatic heterocycles. The summed E-state index contributed by atoms with van der Waals surface area (Å²) in [5.41, 5.74) is 1.39. The largest absolute Gasteiger partial charge is 0.314 e. The Kier molecular flexibility index (Phi) is 4.01. The molecule has 0 amide bonds. The third kappa shape index (κ3) is 2.44. The minimum atomic E-state index is 0.346. The average Bonchev–Trinajstić information content (AvgIpc) is 2.50. The highest BCUT2D eigenvalue weighted by Gasteiger charge is 2.28. The molecular weight excluding hydrogens is 246 g/mol. The second-order valence-electron chi connectivity index (χ2n) is 5.59. The summed E-state index contributed by atoms with van der Waals surface area (Å²) < 4.78 is 0. The number of rotatable bonds is 3. The van der Waals surface area contributed by atoms with Gasteiger partial charge in [-0.1, -0.05) is 42.5 Å². The van der Waals surface area contributed by atoms with Gasteiger partial charge in [0.05, 0.1) is 0 Å². The predicted octanol–water partition coefficient (Wildman–Crippen LogP) is 2.00. The van der Waals surface area contributed by atoms with Crippen LogP contribution in [0.15, 0.2) is 42.5 Å². The smallest absolute Gasteiger partial charge is 0.0494 e. The number of piperazine rings is 1. The van der Waals surface area contributed by atoms with Gasteiger partial charge in [0.15, 0.2) is 0 Å². The van der Waals surface area contributed by atoms with Gasteiger partial charge in [0.2, 0.25) is 0 Å². The first kappa shape index (κ1) is 13.6. The SMILES string of the molecule is CNC(c1cccc2ccccc12)C1CNCCN1C. The molecule has 1 aliphatic rings. The monoisotopic (exact) mass is 269 g/mol. The molecule has 1 heterocycles. The quantitative estimate of drug-likeness (QED) is 0.892. The van der Waals surface area contributed by atoms with Gasteiger partial charge < -0.3 is 10.6 Å². The molecule has 0 saturated carbocycles. The van der Waals surface area contributed by atoms with Gasteiger partial charge in [-0.15, -0.1) is 0 Å². The molecule has 0 bridgehead atoms. The van der Waals surface area contributed by atoms with Gasteiger partial charge in [0.1, 0.15) is 0 Å².